The molecule has 0 aliphatic carbocycles. The third kappa shape index (κ3) is 0.863. The van der Waals surface area contributed by atoms with Gasteiger partial charge in [-0.25, -0.2) is 8.78 Å². The standard InChI is InChI=1S/C3H5F2NO/c4-3(5)1-6(7)2-3/h7H,1-2H2. The fourth-order valence-corrected chi connectivity index (χ4v) is 0.488. The lowest BCUT2D eigenvalue weighted by Gasteiger charge is -2.33. The van der Waals surface area contributed by atoms with E-state index in [9.17, 15) is 8.78 Å². The highest BCUT2D eigenvalue weighted by Crippen LogP contribution is 2.23. The van der Waals surface area contributed by atoms with Gasteiger partial charge < -0.3 is 5.21 Å². The highest BCUT2D eigenvalue weighted by atomic mass is 19.3. The number of halogens is 2. The molecule has 0 atom stereocenters. The van der Waals surface area contributed by atoms with Gasteiger partial charge in [0.05, 0.1) is 13.1 Å². The van der Waals surface area contributed by atoms with Crippen molar-refractivity contribution in [1.29, 1.82) is 0 Å². The monoisotopic (exact) mass is 109 g/mol. The molecule has 7 heavy (non-hydrogen) atoms. The van der Waals surface area contributed by atoms with E-state index in [0.29, 0.717) is 5.06 Å². The van der Waals surface area contributed by atoms with Gasteiger partial charge in [-0.2, -0.15) is 5.06 Å². The molecule has 1 heterocycles. The van der Waals surface area contributed by atoms with Crippen molar-refractivity contribution in [1.82, 2.24) is 5.06 Å². The molecule has 0 bridgehead atoms. The molecular weight excluding hydrogens is 104 g/mol. The van der Waals surface area contributed by atoms with Crippen molar-refractivity contribution >= 4 is 0 Å². The van der Waals surface area contributed by atoms with Crippen LogP contribution in [0.4, 0.5) is 8.78 Å². The molecule has 0 aromatic rings. The van der Waals surface area contributed by atoms with Crippen LogP contribution in [-0.2, 0) is 0 Å². The third-order valence-corrected chi connectivity index (χ3v) is 0.828. The van der Waals surface area contributed by atoms with E-state index >= 15 is 0 Å². The van der Waals surface area contributed by atoms with E-state index in [1.54, 1.807) is 0 Å². The van der Waals surface area contributed by atoms with Crippen LogP contribution < -0.4 is 0 Å². The second-order valence-corrected chi connectivity index (χ2v) is 1.68. The average molecular weight is 109 g/mol. The Morgan fingerprint density at radius 3 is 1.86 bits per heavy atom. The van der Waals surface area contributed by atoms with E-state index in [2.05, 4.69) is 0 Å². The first-order valence-corrected chi connectivity index (χ1v) is 1.92. The van der Waals surface area contributed by atoms with Gasteiger partial charge in [0.1, 0.15) is 0 Å². The summed E-state index contributed by atoms with van der Waals surface area (Å²) in [4.78, 5) is 0. The van der Waals surface area contributed by atoms with Crippen LogP contribution in [0.3, 0.4) is 0 Å². The van der Waals surface area contributed by atoms with Crippen molar-refractivity contribution < 1.29 is 14.0 Å². The van der Waals surface area contributed by atoms with E-state index in [-0.39, 0.29) is 0 Å². The summed E-state index contributed by atoms with van der Waals surface area (Å²) >= 11 is 0. The van der Waals surface area contributed by atoms with Gasteiger partial charge in [-0.3, -0.25) is 0 Å². The number of hydrogen-bond donors (Lipinski definition) is 1. The maximum atomic E-state index is 11.6. The predicted molar refractivity (Wildman–Crippen MR) is 18.3 cm³/mol. The Kier molecular flexibility index (Phi) is 0.800. The lowest BCUT2D eigenvalue weighted by molar-refractivity contribution is -0.258. The molecule has 0 amide bonds. The predicted octanol–water partition coefficient (Wildman–Crippen LogP) is 0.327. The minimum absolute atomic E-state index is 0.507. The highest BCUT2D eigenvalue weighted by molar-refractivity contribution is 4.80. The summed E-state index contributed by atoms with van der Waals surface area (Å²) in [6.07, 6.45) is 0. The first kappa shape index (κ1) is 4.93. The van der Waals surface area contributed by atoms with E-state index in [1.807, 2.05) is 0 Å². The zero-order valence-electron chi connectivity index (χ0n) is 3.56. The topological polar surface area (TPSA) is 23.5 Å². The van der Waals surface area contributed by atoms with Gasteiger partial charge in [-0.1, -0.05) is 0 Å². The van der Waals surface area contributed by atoms with Crippen molar-refractivity contribution in [3.05, 3.63) is 0 Å². The summed E-state index contributed by atoms with van der Waals surface area (Å²) in [5.74, 6) is -2.63. The first-order valence-electron chi connectivity index (χ1n) is 1.92. The van der Waals surface area contributed by atoms with Gasteiger partial charge in [0, 0.05) is 0 Å². The molecular formula is C3H5F2NO. The van der Waals surface area contributed by atoms with Crippen molar-refractivity contribution in [2.24, 2.45) is 0 Å². The number of alkyl halides is 2. The second-order valence-electron chi connectivity index (χ2n) is 1.68. The van der Waals surface area contributed by atoms with Crippen LogP contribution in [0.5, 0.6) is 0 Å². The zero-order chi connectivity index (χ0) is 5.49. The Labute approximate surface area is 39.3 Å². The Morgan fingerprint density at radius 1 is 1.43 bits per heavy atom. The molecule has 0 aromatic carbocycles. The molecule has 1 N–H and O–H groups in total. The Morgan fingerprint density at radius 2 is 1.86 bits per heavy atom. The molecule has 0 radical (unpaired) electrons. The number of rotatable bonds is 0. The summed E-state index contributed by atoms with van der Waals surface area (Å²) < 4.78 is 23.2. The van der Waals surface area contributed by atoms with Crippen LogP contribution in [0.15, 0.2) is 0 Å². The van der Waals surface area contributed by atoms with Gasteiger partial charge >= 0.3 is 0 Å². The normalized spacial score (nSPS) is 29.6. The van der Waals surface area contributed by atoms with Crippen molar-refractivity contribution in [3.8, 4) is 0 Å². The lowest BCUT2D eigenvalue weighted by Crippen LogP contribution is -2.54. The second kappa shape index (κ2) is 1.14. The number of hydroxylamine groups is 2. The fraction of sp³-hybridized carbons (Fsp3) is 1.00. The van der Waals surface area contributed by atoms with Gasteiger partial charge in [-0.05, 0) is 0 Å². The maximum Gasteiger partial charge on any atom is 0.277 e. The summed E-state index contributed by atoms with van der Waals surface area (Å²) in [5.41, 5.74) is 0. The quantitative estimate of drug-likeness (QED) is 0.484. The van der Waals surface area contributed by atoms with Crippen molar-refractivity contribution in [2.75, 3.05) is 13.1 Å². The fourth-order valence-electron chi connectivity index (χ4n) is 0.488. The van der Waals surface area contributed by atoms with Crippen LogP contribution in [-0.4, -0.2) is 29.3 Å². The first-order chi connectivity index (χ1) is 3.10. The Balaban J connectivity index is 2.29. The van der Waals surface area contributed by atoms with Crippen molar-refractivity contribution in [2.45, 2.75) is 5.92 Å². The van der Waals surface area contributed by atoms with Crippen LogP contribution in [0.25, 0.3) is 0 Å². The van der Waals surface area contributed by atoms with Crippen LogP contribution >= 0.6 is 0 Å². The molecule has 1 aliphatic rings. The molecule has 0 aromatic heterocycles. The molecule has 42 valence electrons. The number of nitrogens with zero attached hydrogens (tertiary/aromatic N) is 1. The minimum atomic E-state index is -2.63. The summed E-state index contributed by atoms with van der Waals surface area (Å²) in [6, 6.07) is 0. The minimum Gasteiger partial charge on any atom is -0.314 e. The highest BCUT2D eigenvalue weighted by Gasteiger charge is 2.43. The smallest absolute Gasteiger partial charge is 0.277 e. The van der Waals surface area contributed by atoms with Crippen LogP contribution in [0.1, 0.15) is 0 Å². The SMILES string of the molecule is ON1CC(F)(F)C1. The van der Waals surface area contributed by atoms with Crippen LogP contribution in [0, 0.1) is 0 Å². The van der Waals surface area contributed by atoms with Crippen LogP contribution in [0.2, 0.25) is 0 Å². The van der Waals surface area contributed by atoms with Crippen molar-refractivity contribution in [3.63, 3.8) is 0 Å². The molecule has 1 rings (SSSR count). The molecule has 1 fully saturated rings. The average Bonchev–Trinajstić information content (AvgIpc) is 1.27. The Bertz CT molecular complexity index is 77.0. The molecule has 1 saturated heterocycles. The van der Waals surface area contributed by atoms with E-state index in [1.165, 1.54) is 0 Å². The van der Waals surface area contributed by atoms with E-state index < -0.39 is 19.0 Å². The summed E-state index contributed by atoms with van der Waals surface area (Å²) in [7, 11) is 0. The lowest BCUT2D eigenvalue weighted by atomic mass is 10.2. The van der Waals surface area contributed by atoms with Gasteiger partial charge in [0.15, 0.2) is 0 Å². The summed E-state index contributed by atoms with van der Waals surface area (Å²) in [5, 5.41) is 8.72. The molecule has 0 saturated carbocycles. The van der Waals surface area contributed by atoms with E-state index in [0.717, 1.165) is 0 Å². The third-order valence-electron chi connectivity index (χ3n) is 0.828. The maximum absolute atomic E-state index is 11.6. The summed E-state index contributed by atoms with van der Waals surface area (Å²) in [6.45, 7) is -1.01. The molecule has 2 nitrogen and oxygen atoms in total. The van der Waals surface area contributed by atoms with Gasteiger partial charge in [-0.15, -0.1) is 0 Å². The largest absolute Gasteiger partial charge is 0.314 e. The zero-order valence-corrected chi connectivity index (χ0v) is 3.56. The Hall–Kier alpha value is -0.220. The molecule has 0 unspecified atom stereocenters. The molecule has 4 heteroatoms. The molecule has 0 spiro atoms. The molecule has 1 aliphatic heterocycles. The van der Waals surface area contributed by atoms with E-state index in [4.69, 9.17) is 5.21 Å². The number of hydrogen-bond acceptors (Lipinski definition) is 2. The van der Waals surface area contributed by atoms with Gasteiger partial charge in [0.25, 0.3) is 5.92 Å². The van der Waals surface area contributed by atoms with Gasteiger partial charge in [0.2, 0.25) is 0 Å².